The normalized spacial score (nSPS) is 19.6. The summed E-state index contributed by atoms with van der Waals surface area (Å²) in [5, 5.41) is 12.6. The number of hydrogen-bond donors (Lipinski definition) is 1. The summed E-state index contributed by atoms with van der Waals surface area (Å²) in [6.45, 7) is 7.78. The molecule has 1 aliphatic heterocycles. The molecule has 0 amide bonds. The van der Waals surface area contributed by atoms with Crippen molar-refractivity contribution in [1.29, 1.82) is 5.26 Å². The van der Waals surface area contributed by atoms with Gasteiger partial charge in [0.05, 0.1) is 11.3 Å². The van der Waals surface area contributed by atoms with Gasteiger partial charge in [-0.05, 0) is 60.8 Å². The topological polar surface area (TPSA) is 39.1 Å². The highest BCUT2D eigenvalue weighted by Gasteiger charge is 2.24. The van der Waals surface area contributed by atoms with E-state index in [1.54, 1.807) is 0 Å². The molecule has 1 atom stereocenters. The maximum absolute atomic E-state index is 9.18. The van der Waals surface area contributed by atoms with Crippen LogP contribution >= 0.6 is 15.9 Å². The number of nitrogens with zero attached hydrogens (tertiary/aromatic N) is 2. The van der Waals surface area contributed by atoms with E-state index in [2.05, 4.69) is 46.1 Å². The highest BCUT2D eigenvalue weighted by Crippen LogP contribution is 2.25. The lowest BCUT2D eigenvalue weighted by atomic mass is 10.1. The number of nitrogens with one attached hydrogen (secondary N) is 1. The number of hydrogen-bond acceptors (Lipinski definition) is 3. The van der Waals surface area contributed by atoms with Crippen LogP contribution in [0.4, 0.5) is 5.69 Å². The van der Waals surface area contributed by atoms with Crippen molar-refractivity contribution in [3.05, 3.63) is 28.2 Å². The van der Waals surface area contributed by atoms with Crippen molar-refractivity contribution >= 4 is 21.6 Å². The predicted octanol–water partition coefficient (Wildman–Crippen LogP) is 3.46. The van der Waals surface area contributed by atoms with Crippen molar-refractivity contribution in [2.24, 2.45) is 5.92 Å². The molecule has 1 heterocycles. The van der Waals surface area contributed by atoms with Crippen molar-refractivity contribution in [2.45, 2.75) is 26.3 Å². The van der Waals surface area contributed by atoms with Gasteiger partial charge in [0, 0.05) is 23.6 Å². The summed E-state index contributed by atoms with van der Waals surface area (Å²) < 4.78 is 0.857. The molecule has 102 valence electrons. The highest BCUT2D eigenvalue weighted by molar-refractivity contribution is 9.10. The molecule has 19 heavy (non-hydrogen) atoms. The van der Waals surface area contributed by atoms with Crippen LogP contribution in [0.2, 0.25) is 0 Å². The van der Waals surface area contributed by atoms with Crippen LogP contribution in [0, 0.1) is 17.2 Å². The van der Waals surface area contributed by atoms with Gasteiger partial charge in [0.15, 0.2) is 0 Å². The molecule has 0 spiro atoms. The fourth-order valence-electron chi connectivity index (χ4n) is 2.54. The number of rotatable bonds is 4. The quantitative estimate of drug-likeness (QED) is 0.923. The zero-order valence-corrected chi connectivity index (χ0v) is 13.1. The molecule has 4 heteroatoms. The standard InChI is InChI=1S/C15H20BrN3/c1-11(2)19-7-6-12(10-19)9-18-15-5-3-4-14(16)13(15)8-17/h3-5,11-12,18H,6-7,9-10H2,1-2H3. The zero-order chi connectivity index (χ0) is 13.8. The summed E-state index contributed by atoms with van der Waals surface area (Å²) in [6.07, 6.45) is 1.24. The summed E-state index contributed by atoms with van der Waals surface area (Å²) in [7, 11) is 0. The molecule has 0 saturated carbocycles. The minimum Gasteiger partial charge on any atom is -0.384 e. The smallest absolute Gasteiger partial charge is 0.103 e. The molecule has 0 aliphatic carbocycles. The van der Waals surface area contributed by atoms with E-state index < -0.39 is 0 Å². The minimum atomic E-state index is 0.630. The maximum Gasteiger partial charge on any atom is 0.103 e. The van der Waals surface area contributed by atoms with Crippen molar-refractivity contribution in [3.8, 4) is 6.07 Å². The Labute approximate surface area is 123 Å². The van der Waals surface area contributed by atoms with Crippen LogP contribution < -0.4 is 5.32 Å². The summed E-state index contributed by atoms with van der Waals surface area (Å²) in [6, 6.07) is 8.71. The number of benzene rings is 1. The van der Waals surface area contributed by atoms with Gasteiger partial charge in [0.2, 0.25) is 0 Å². The third-order valence-corrected chi connectivity index (χ3v) is 4.41. The molecule has 1 unspecified atom stereocenters. The summed E-state index contributed by atoms with van der Waals surface area (Å²) >= 11 is 3.42. The third kappa shape index (κ3) is 3.49. The van der Waals surface area contributed by atoms with Crippen molar-refractivity contribution < 1.29 is 0 Å². The number of anilines is 1. The van der Waals surface area contributed by atoms with Crippen molar-refractivity contribution in [2.75, 3.05) is 25.0 Å². The van der Waals surface area contributed by atoms with E-state index >= 15 is 0 Å². The number of nitriles is 1. The Bertz CT molecular complexity index is 479. The van der Waals surface area contributed by atoms with Crippen LogP contribution in [0.15, 0.2) is 22.7 Å². The van der Waals surface area contributed by atoms with Crippen LogP contribution in [-0.4, -0.2) is 30.6 Å². The molecule has 1 aliphatic rings. The van der Waals surface area contributed by atoms with Gasteiger partial charge in [-0.1, -0.05) is 6.07 Å². The molecule has 0 radical (unpaired) electrons. The van der Waals surface area contributed by atoms with Crippen LogP contribution in [0.1, 0.15) is 25.8 Å². The first kappa shape index (κ1) is 14.4. The van der Waals surface area contributed by atoms with Gasteiger partial charge in [-0.3, -0.25) is 0 Å². The van der Waals surface area contributed by atoms with Crippen molar-refractivity contribution in [3.63, 3.8) is 0 Å². The Hall–Kier alpha value is -1.05. The Kier molecular flexibility index (Phi) is 4.84. The SMILES string of the molecule is CC(C)N1CCC(CNc2cccc(Br)c2C#N)C1. The lowest BCUT2D eigenvalue weighted by molar-refractivity contribution is 0.266. The Morgan fingerprint density at radius 2 is 2.32 bits per heavy atom. The first-order valence-electron chi connectivity index (χ1n) is 6.78. The van der Waals surface area contributed by atoms with Crippen LogP contribution in [0.25, 0.3) is 0 Å². The van der Waals surface area contributed by atoms with Gasteiger partial charge < -0.3 is 10.2 Å². The monoisotopic (exact) mass is 321 g/mol. The molecule has 1 fully saturated rings. The van der Waals surface area contributed by atoms with E-state index in [-0.39, 0.29) is 0 Å². The van der Waals surface area contributed by atoms with Crippen LogP contribution in [0.3, 0.4) is 0 Å². The van der Waals surface area contributed by atoms with Gasteiger partial charge >= 0.3 is 0 Å². The third-order valence-electron chi connectivity index (χ3n) is 3.75. The lowest BCUT2D eigenvalue weighted by Gasteiger charge is -2.20. The molecule has 1 N–H and O–H groups in total. The van der Waals surface area contributed by atoms with Crippen LogP contribution in [-0.2, 0) is 0 Å². The number of likely N-dealkylation sites (tertiary alicyclic amines) is 1. The van der Waals surface area contributed by atoms with Gasteiger partial charge in [0.1, 0.15) is 6.07 Å². The molecule has 1 aromatic rings. The second-order valence-corrected chi connectivity index (χ2v) is 6.25. The van der Waals surface area contributed by atoms with E-state index in [9.17, 15) is 5.26 Å². The first-order valence-corrected chi connectivity index (χ1v) is 7.57. The second kappa shape index (κ2) is 6.40. The average molecular weight is 322 g/mol. The fraction of sp³-hybridized carbons (Fsp3) is 0.533. The first-order chi connectivity index (χ1) is 9.11. The van der Waals surface area contributed by atoms with Gasteiger partial charge in [-0.15, -0.1) is 0 Å². The van der Waals surface area contributed by atoms with E-state index in [1.807, 2.05) is 18.2 Å². The molecule has 2 rings (SSSR count). The van der Waals surface area contributed by atoms with E-state index in [1.165, 1.54) is 13.0 Å². The van der Waals surface area contributed by atoms with E-state index in [0.717, 1.165) is 23.2 Å². The molecular formula is C15H20BrN3. The second-order valence-electron chi connectivity index (χ2n) is 5.40. The van der Waals surface area contributed by atoms with Gasteiger partial charge in [-0.2, -0.15) is 5.26 Å². The largest absolute Gasteiger partial charge is 0.384 e. The highest BCUT2D eigenvalue weighted by atomic mass is 79.9. The zero-order valence-electron chi connectivity index (χ0n) is 11.5. The minimum absolute atomic E-state index is 0.630. The van der Waals surface area contributed by atoms with Crippen LogP contribution in [0.5, 0.6) is 0 Å². The van der Waals surface area contributed by atoms with Crippen molar-refractivity contribution in [1.82, 2.24) is 4.90 Å². The predicted molar refractivity (Wildman–Crippen MR) is 82.2 cm³/mol. The molecule has 1 saturated heterocycles. The van der Waals surface area contributed by atoms with E-state index in [0.29, 0.717) is 17.5 Å². The summed E-state index contributed by atoms with van der Waals surface area (Å²) in [5.74, 6) is 0.674. The molecule has 0 aromatic heterocycles. The average Bonchev–Trinajstić information content (AvgIpc) is 2.85. The molecule has 0 bridgehead atoms. The fourth-order valence-corrected chi connectivity index (χ4v) is 2.99. The summed E-state index contributed by atoms with van der Waals surface area (Å²) in [4.78, 5) is 2.51. The molecular weight excluding hydrogens is 302 g/mol. The Balaban J connectivity index is 1.94. The van der Waals surface area contributed by atoms with E-state index in [4.69, 9.17) is 0 Å². The number of halogens is 1. The Morgan fingerprint density at radius 1 is 1.53 bits per heavy atom. The molecule has 1 aromatic carbocycles. The van der Waals surface area contributed by atoms with Gasteiger partial charge in [0.25, 0.3) is 0 Å². The lowest BCUT2D eigenvalue weighted by Crippen LogP contribution is -2.29. The maximum atomic E-state index is 9.18. The molecule has 3 nitrogen and oxygen atoms in total. The van der Waals surface area contributed by atoms with Gasteiger partial charge in [-0.25, -0.2) is 0 Å². The Morgan fingerprint density at radius 3 is 2.95 bits per heavy atom. The summed E-state index contributed by atoms with van der Waals surface area (Å²) in [5.41, 5.74) is 1.63.